The van der Waals surface area contributed by atoms with Crippen LogP contribution < -0.4 is 4.74 Å². The fourth-order valence-corrected chi connectivity index (χ4v) is 5.66. The molecule has 5 heteroatoms. The SMILES string of the molecule is CCCCCCC(C)(C)c1cc(O)c2c(c1)OC(C)(C)C1CC=C(Cn3cnnc3)C[C@H]21. The van der Waals surface area contributed by atoms with Gasteiger partial charge in [-0.15, -0.1) is 10.2 Å². The van der Waals surface area contributed by atoms with Crippen molar-refractivity contribution in [3.63, 3.8) is 0 Å². The van der Waals surface area contributed by atoms with Crippen LogP contribution in [0.1, 0.15) is 96.6 Å². The first-order valence-corrected chi connectivity index (χ1v) is 12.3. The molecule has 1 aromatic heterocycles. The monoisotopic (exact) mass is 437 g/mol. The van der Waals surface area contributed by atoms with Crippen molar-refractivity contribution in [3.05, 3.63) is 47.6 Å². The molecule has 0 saturated heterocycles. The third-order valence-electron chi connectivity index (χ3n) is 7.67. The molecule has 0 bridgehead atoms. The van der Waals surface area contributed by atoms with E-state index in [4.69, 9.17) is 4.74 Å². The van der Waals surface area contributed by atoms with Gasteiger partial charge in [0.15, 0.2) is 0 Å². The van der Waals surface area contributed by atoms with Crippen LogP contribution in [0.3, 0.4) is 0 Å². The Morgan fingerprint density at radius 2 is 1.91 bits per heavy atom. The molecule has 1 aliphatic heterocycles. The van der Waals surface area contributed by atoms with Gasteiger partial charge >= 0.3 is 0 Å². The minimum absolute atomic E-state index is 0.0106. The van der Waals surface area contributed by atoms with Crippen LogP contribution in [0.15, 0.2) is 36.4 Å². The van der Waals surface area contributed by atoms with Crippen molar-refractivity contribution in [2.45, 2.75) is 103 Å². The van der Waals surface area contributed by atoms with E-state index < -0.39 is 0 Å². The van der Waals surface area contributed by atoms with E-state index in [1.807, 2.05) is 10.6 Å². The molecule has 0 spiro atoms. The number of nitrogens with zero attached hydrogens (tertiary/aromatic N) is 3. The van der Waals surface area contributed by atoms with E-state index in [9.17, 15) is 5.11 Å². The van der Waals surface area contributed by atoms with E-state index in [0.29, 0.717) is 11.7 Å². The number of aromatic hydroxyl groups is 1. The number of allylic oxidation sites excluding steroid dienone is 2. The lowest BCUT2D eigenvalue weighted by atomic mass is 9.66. The zero-order valence-corrected chi connectivity index (χ0v) is 20.4. The van der Waals surface area contributed by atoms with Crippen molar-refractivity contribution < 1.29 is 9.84 Å². The molecule has 2 aromatic rings. The highest BCUT2D eigenvalue weighted by atomic mass is 16.5. The van der Waals surface area contributed by atoms with Crippen molar-refractivity contribution in [1.82, 2.24) is 14.8 Å². The van der Waals surface area contributed by atoms with Gasteiger partial charge in [-0.05, 0) is 56.2 Å². The second-order valence-electron chi connectivity index (χ2n) is 11.0. The van der Waals surface area contributed by atoms with Gasteiger partial charge < -0.3 is 14.4 Å². The highest BCUT2D eigenvalue weighted by molar-refractivity contribution is 5.54. The molecule has 0 amide bonds. The first-order chi connectivity index (χ1) is 15.2. The van der Waals surface area contributed by atoms with Gasteiger partial charge in [0.1, 0.15) is 29.8 Å². The Kier molecular flexibility index (Phi) is 6.37. The summed E-state index contributed by atoms with van der Waals surface area (Å²) in [5, 5.41) is 19.1. The first kappa shape index (κ1) is 22.9. The van der Waals surface area contributed by atoms with Crippen LogP contribution in [0.2, 0.25) is 0 Å². The van der Waals surface area contributed by atoms with Crippen LogP contribution in [0.5, 0.6) is 11.5 Å². The molecule has 2 heterocycles. The molecule has 1 unspecified atom stereocenters. The Labute approximate surface area is 192 Å². The number of rotatable bonds is 8. The Balaban J connectivity index is 1.62. The third kappa shape index (κ3) is 4.57. The van der Waals surface area contributed by atoms with Crippen molar-refractivity contribution in [2.24, 2.45) is 5.92 Å². The zero-order chi connectivity index (χ0) is 22.9. The maximum absolute atomic E-state index is 11.2. The molecule has 1 aromatic carbocycles. The quantitative estimate of drug-likeness (QED) is 0.377. The molecule has 4 rings (SSSR count). The minimum Gasteiger partial charge on any atom is -0.508 e. The molecule has 174 valence electrons. The van der Waals surface area contributed by atoms with Crippen LogP contribution in [0, 0.1) is 5.92 Å². The Bertz CT molecular complexity index is 960. The van der Waals surface area contributed by atoms with Crippen LogP contribution in [-0.2, 0) is 12.0 Å². The van der Waals surface area contributed by atoms with E-state index in [0.717, 1.165) is 37.1 Å². The standard InChI is InChI=1S/C27H39N3O2/c1-6-7-8-9-12-26(2,3)20-14-23(31)25-21-13-19(16-30-17-28-29-18-30)10-11-22(21)27(4,5)32-24(25)15-20/h10,14-15,17-18,21-22,31H,6-9,11-13,16H2,1-5H3/t21-,22?/m0/s1. The summed E-state index contributed by atoms with van der Waals surface area (Å²) < 4.78 is 8.59. The number of ether oxygens (including phenoxy) is 1. The minimum atomic E-state index is -0.271. The number of fused-ring (bicyclic) bond motifs is 3. The second kappa shape index (κ2) is 8.92. The summed E-state index contributed by atoms with van der Waals surface area (Å²) in [7, 11) is 0. The smallest absolute Gasteiger partial charge is 0.127 e. The maximum atomic E-state index is 11.2. The Hall–Kier alpha value is -2.30. The number of hydrogen-bond acceptors (Lipinski definition) is 4. The molecule has 1 aliphatic carbocycles. The zero-order valence-electron chi connectivity index (χ0n) is 20.4. The molecule has 0 saturated carbocycles. The fourth-order valence-electron chi connectivity index (χ4n) is 5.66. The number of aromatic nitrogens is 3. The van der Waals surface area contributed by atoms with Crippen LogP contribution in [0.25, 0.3) is 0 Å². The average molecular weight is 438 g/mol. The van der Waals surface area contributed by atoms with Gasteiger partial charge in [-0.3, -0.25) is 0 Å². The molecule has 1 N–H and O–H groups in total. The van der Waals surface area contributed by atoms with Crippen molar-refractivity contribution in [2.75, 3.05) is 0 Å². The molecular formula is C27H39N3O2. The van der Waals surface area contributed by atoms with Crippen molar-refractivity contribution in [3.8, 4) is 11.5 Å². The van der Waals surface area contributed by atoms with Gasteiger partial charge in [0.2, 0.25) is 0 Å². The van der Waals surface area contributed by atoms with Crippen molar-refractivity contribution in [1.29, 1.82) is 0 Å². The van der Waals surface area contributed by atoms with Gasteiger partial charge in [0, 0.05) is 23.9 Å². The van der Waals surface area contributed by atoms with Gasteiger partial charge in [-0.2, -0.15) is 0 Å². The lowest BCUT2D eigenvalue weighted by molar-refractivity contribution is 0.00707. The summed E-state index contributed by atoms with van der Waals surface area (Å²) in [5.74, 6) is 1.87. The van der Waals surface area contributed by atoms with Gasteiger partial charge in [-0.25, -0.2) is 0 Å². The number of unbranched alkanes of at least 4 members (excludes halogenated alkanes) is 3. The van der Waals surface area contributed by atoms with Gasteiger partial charge in [0.25, 0.3) is 0 Å². The van der Waals surface area contributed by atoms with E-state index in [-0.39, 0.29) is 16.9 Å². The van der Waals surface area contributed by atoms with Gasteiger partial charge in [0.05, 0.1) is 0 Å². The maximum Gasteiger partial charge on any atom is 0.127 e. The van der Waals surface area contributed by atoms with E-state index >= 15 is 0 Å². The Morgan fingerprint density at radius 3 is 2.62 bits per heavy atom. The highest BCUT2D eigenvalue weighted by Crippen LogP contribution is 2.55. The van der Waals surface area contributed by atoms with Gasteiger partial charge in [-0.1, -0.05) is 58.1 Å². The Morgan fingerprint density at radius 1 is 1.16 bits per heavy atom. The molecule has 5 nitrogen and oxygen atoms in total. The summed E-state index contributed by atoms with van der Waals surface area (Å²) >= 11 is 0. The van der Waals surface area contributed by atoms with E-state index in [2.05, 4.69) is 57.0 Å². The molecule has 0 fully saturated rings. The topological polar surface area (TPSA) is 60.2 Å². The summed E-state index contributed by atoms with van der Waals surface area (Å²) in [4.78, 5) is 0. The van der Waals surface area contributed by atoms with Crippen LogP contribution >= 0.6 is 0 Å². The molecule has 2 atom stereocenters. The molecule has 32 heavy (non-hydrogen) atoms. The highest BCUT2D eigenvalue weighted by Gasteiger charge is 2.46. The summed E-state index contributed by atoms with van der Waals surface area (Å²) in [6.45, 7) is 12.0. The van der Waals surface area contributed by atoms with Crippen LogP contribution in [-0.4, -0.2) is 25.5 Å². The lowest BCUT2D eigenvalue weighted by Gasteiger charge is -2.47. The number of phenolic OH excluding ortho intramolecular Hbond substituents is 1. The summed E-state index contributed by atoms with van der Waals surface area (Å²) in [6.07, 6.45) is 13.9. The lowest BCUT2D eigenvalue weighted by Crippen LogP contribution is -2.45. The van der Waals surface area contributed by atoms with E-state index in [1.165, 1.54) is 36.8 Å². The average Bonchev–Trinajstić information content (AvgIpc) is 3.23. The van der Waals surface area contributed by atoms with Crippen LogP contribution in [0.4, 0.5) is 0 Å². The first-order valence-electron chi connectivity index (χ1n) is 12.3. The normalized spacial score (nSPS) is 22.0. The number of benzene rings is 1. The number of phenols is 1. The summed E-state index contributed by atoms with van der Waals surface area (Å²) in [5.41, 5.74) is 3.28. The molecule has 2 aliphatic rings. The fraction of sp³-hybridized carbons (Fsp3) is 0.630. The number of hydrogen-bond donors (Lipinski definition) is 1. The third-order valence-corrected chi connectivity index (χ3v) is 7.67. The largest absolute Gasteiger partial charge is 0.508 e. The second-order valence-corrected chi connectivity index (χ2v) is 11.0. The summed E-state index contributed by atoms with van der Waals surface area (Å²) in [6, 6.07) is 4.22. The molecule has 0 radical (unpaired) electrons. The van der Waals surface area contributed by atoms with E-state index in [1.54, 1.807) is 12.7 Å². The predicted octanol–water partition coefficient (Wildman–Crippen LogP) is 6.52. The predicted molar refractivity (Wildman–Crippen MR) is 128 cm³/mol. The molecular weight excluding hydrogens is 398 g/mol. The van der Waals surface area contributed by atoms with Crippen molar-refractivity contribution >= 4 is 0 Å².